The summed E-state index contributed by atoms with van der Waals surface area (Å²) in [4.78, 5) is 40.2. The van der Waals surface area contributed by atoms with Gasteiger partial charge in [-0.15, -0.1) is 0 Å². The minimum atomic E-state index is -0.760. The number of nitro groups is 1. The Kier molecular flexibility index (Phi) is 4.22. The highest BCUT2D eigenvalue weighted by atomic mass is 16.7. The van der Waals surface area contributed by atoms with Crippen LogP contribution in [0.5, 0.6) is 0 Å². The molecule has 4 aliphatic carbocycles. The first-order chi connectivity index (χ1) is 13.0. The van der Waals surface area contributed by atoms with E-state index in [4.69, 9.17) is 4.84 Å². The van der Waals surface area contributed by atoms with Gasteiger partial charge in [-0.3, -0.25) is 14.9 Å². The minimum Gasteiger partial charge on any atom is -0.313 e. The highest BCUT2D eigenvalue weighted by Crippen LogP contribution is 2.48. The molecule has 0 N–H and O–H groups in total. The van der Waals surface area contributed by atoms with Crippen LogP contribution in [0.4, 0.5) is 5.69 Å². The molecule has 4 aliphatic rings. The number of carbonyl (C=O) groups excluding carboxylic acids is 2. The molecule has 0 heterocycles. The second-order valence-electron chi connectivity index (χ2n) is 7.23. The number of fused-ring (bicyclic) bond motifs is 1. The molecule has 0 aromatic heterocycles. The van der Waals surface area contributed by atoms with Crippen molar-refractivity contribution in [2.24, 2.45) is 28.8 Å². The third-order valence-electron chi connectivity index (χ3n) is 5.67. The number of non-ortho nitro benzene ring substituents is 1. The largest absolute Gasteiger partial charge is 0.365 e. The van der Waals surface area contributed by atoms with E-state index in [9.17, 15) is 19.7 Å². The highest BCUT2D eigenvalue weighted by Gasteiger charge is 2.48. The molecule has 0 aliphatic heterocycles. The predicted molar refractivity (Wildman–Crippen MR) is 97.0 cm³/mol. The van der Waals surface area contributed by atoms with Crippen LogP contribution >= 0.6 is 0 Å². The van der Waals surface area contributed by atoms with E-state index in [1.165, 1.54) is 18.2 Å². The van der Waals surface area contributed by atoms with E-state index in [2.05, 4.69) is 17.3 Å². The number of rotatable bonds is 3. The van der Waals surface area contributed by atoms with E-state index in [1.54, 1.807) is 13.0 Å². The first kappa shape index (κ1) is 17.3. The second kappa shape index (κ2) is 6.57. The molecular weight excluding hydrogens is 348 g/mol. The van der Waals surface area contributed by atoms with Crippen molar-refractivity contribution in [1.82, 2.24) is 0 Å². The number of carbonyl (C=O) groups is 2. The quantitative estimate of drug-likeness (QED) is 0.353. The van der Waals surface area contributed by atoms with Gasteiger partial charge in [0.25, 0.3) is 5.69 Å². The number of nitro benzene ring substituents is 1. The van der Waals surface area contributed by atoms with Crippen molar-refractivity contribution in [2.75, 3.05) is 0 Å². The lowest BCUT2D eigenvalue weighted by Gasteiger charge is -2.46. The summed E-state index contributed by atoms with van der Waals surface area (Å²) >= 11 is 0. The second-order valence-corrected chi connectivity index (χ2v) is 7.23. The van der Waals surface area contributed by atoms with Crippen LogP contribution in [0.15, 0.2) is 53.2 Å². The third kappa shape index (κ3) is 2.99. The van der Waals surface area contributed by atoms with Crippen molar-refractivity contribution in [2.45, 2.75) is 19.8 Å². The molecule has 0 saturated heterocycles. The van der Waals surface area contributed by atoms with Gasteiger partial charge < -0.3 is 4.84 Å². The topological polar surface area (TPSA) is 98.9 Å². The Morgan fingerprint density at radius 3 is 2.59 bits per heavy atom. The number of ketones is 1. The first-order valence-electron chi connectivity index (χ1n) is 8.90. The lowest BCUT2D eigenvalue weighted by molar-refractivity contribution is -0.384. The zero-order valence-corrected chi connectivity index (χ0v) is 14.7. The average molecular weight is 366 g/mol. The fourth-order valence-corrected chi connectivity index (χ4v) is 4.42. The molecule has 0 radical (unpaired) electrons. The maximum absolute atomic E-state index is 12.5. The molecule has 1 aromatic carbocycles. The zero-order valence-electron chi connectivity index (χ0n) is 14.7. The van der Waals surface area contributed by atoms with Gasteiger partial charge in [0.1, 0.15) is 0 Å². The van der Waals surface area contributed by atoms with Gasteiger partial charge in [0, 0.05) is 24.0 Å². The summed E-state index contributed by atoms with van der Waals surface area (Å²) in [5.74, 6) is -0.460. The molecule has 2 bridgehead atoms. The normalized spacial score (nSPS) is 30.0. The van der Waals surface area contributed by atoms with Gasteiger partial charge in [-0.1, -0.05) is 23.4 Å². The summed E-state index contributed by atoms with van der Waals surface area (Å²) in [6.07, 6.45) is 7.81. The predicted octanol–water partition coefficient (Wildman–Crippen LogP) is 3.47. The van der Waals surface area contributed by atoms with Crippen molar-refractivity contribution < 1.29 is 19.3 Å². The van der Waals surface area contributed by atoms with E-state index < -0.39 is 10.9 Å². The maximum atomic E-state index is 12.5. The Labute approximate surface area is 155 Å². The molecule has 0 spiro atoms. The summed E-state index contributed by atoms with van der Waals surface area (Å²) < 4.78 is 0. The molecular formula is C20H18N2O5. The Morgan fingerprint density at radius 2 is 1.93 bits per heavy atom. The van der Waals surface area contributed by atoms with Gasteiger partial charge >= 0.3 is 5.97 Å². The van der Waals surface area contributed by atoms with Crippen LogP contribution in [-0.4, -0.2) is 22.4 Å². The number of hydrogen-bond donors (Lipinski definition) is 0. The minimum absolute atomic E-state index is 0.0590. The number of allylic oxidation sites excluding steroid dienone is 4. The third-order valence-corrected chi connectivity index (χ3v) is 5.67. The fraction of sp³-hybridized carbons (Fsp3) is 0.350. The standard InChI is InChI=1S/C20H18N2O5/c1-11-9-16(23)17-12-5-7-13(8-6-12)18(17)19(11)21-27-20(24)14-3-2-4-15(10-14)22(25)26/h2-5,7,9-10,12-13,17-18H,6,8H2,1H3/b21-19+/t12-,13-,17-,18+/m1/s1. The molecule has 1 aromatic rings. The average Bonchev–Trinajstić information content (AvgIpc) is 2.68. The SMILES string of the molecule is CC1=CC(=O)[C@@H]2[C@@H](/C1=N/OC(=O)c1cccc([N+](=O)[O-])c1)[C@@H]1C=C[C@@H]2CC1. The molecule has 0 amide bonds. The summed E-state index contributed by atoms with van der Waals surface area (Å²) in [7, 11) is 0. The first-order valence-corrected chi connectivity index (χ1v) is 8.90. The monoisotopic (exact) mass is 366 g/mol. The Bertz CT molecular complexity index is 930. The van der Waals surface area contributed by atoms with E-state index >= 15 is 0 Å². The molecule has 27 heavy (non-hydrogen) atoms. The molecule has 7 nitrogen and oxygen atoms in total. The molecule has 1 fully saturated rings. The van der Waals surface area contributed by atoms with E-state index in [0.717, 1.165) is 18.9 Å². The summed E-state index contributed by atoms with van der Waals surface area (Å²) in [6.45, 7) is 1.79. The van der Waals surface area contributed by atoms with Crippen LogP contribution in [0.2, 0.25) is 0 Å². The molecule has 138 valence electrons. The van der Waals surface area contributed by atoms with Crippen molar-refractivity contribution in [3.63, 3.8) is 0 Å². The molecule has 5 rings (SSSR count). The van der Waals surface area contributed by atoms with Crippen LogP contribution in [0.3, 0.4) is 0 Å². The smallest absolute Gasteiger partial charge is 0.313 e. The van der Waals surface area contributed by atoms with E-state index in [1.807, 2.05) is 0 Å². The number of hydrogen-bond acceptors (Lipinski definition) is 6. The Morgan fingerprint density at radius 1 is 1.22 bits per heavy atom. The highest BCUT2D eigenvalue weighted by molar-refractivity contribution is 6.13. The zero-order chi connectivity index (χ0) is 19.1. The van der Waals surface area contributed by atoms with Crippen molar-refractivity contribution in [3.8, 4) is 0 Å². The van der Waals surface area contributed by atoms with Crippen LogP contribution in [0.25, 0.3) is 0 Å². The Balaban J connectivity index is 1.61. The fourth-order valence-electron chi connectivity index (χ4n) is 4.42. The number of benzene rings is 1. The summed E-state index contributed by atoms with van der Waals surface area (Å²) in [5, 5.41) is 15.0. The van der Waals surface area contributed by atoms with Crippen molar-refractivity contribution >= 4 is 23.2 Å². The van der Waals surface area contributed by atoms with Crippen LogP contribution in [0.1, 0.15) is 30.1 Å². The van der Waals surface area contributed by atoms with Crippen LogP contribution in [0, 0.1) is 33.8 Å². The van der Waals surface area contributed by atoms with Crippen molar-refractivity contribution in [3.05, 3.63) is 63.7 Å². The molecule has 0 unspecified atom stereocenters. The van der Waals surface area contributed by atoms with Gasteiger partial charge in [-0.05, 0) is 49.3 Å². The van der Waals surface area contributed by atoms with Crippen LogP contribution in [-0.2, 0) is 9.63 Å². The van der Waals surface area contributed by atoms with E-state index in [-0.39, 0.29) is 40.7 Å². The lowest BCUT2D eigenvalue weighted by Crippen LogP contribution is -2.47. The van der Waals surface area contributed by atoms with Gasteiger partial charge in [-0.2, -0.15) is 0 Å². The van der Waals surface area contributed by atoms with Gasteiger partial charge in [0.05, 0.1) is 16.2 Å². The maximum Gasteiger partial charge on any atom is 0.365 e. The van der Waals surface area contributed by atoms with Crippen molar-refractivity contribution in [1.29, 1.82) is 0 Å². The Hall–Kier alpha value is -3.09. The van der Waals surface area contributed by atoms with Gasteiger partial charge in [0.2, 0.25) is 0 Å². The summed E-state index contributed by atoms with van der Waals surface area (Å²) in [5.41, 5.74) is 1.20. The van der Waals surface area contributed by atoms with Crippen LogP contribution < -0.4 is 0 Å². The molecule has 4 atom stereocenters. The number of oxime groups is 1. The summed E-state index contributed by atoms with van der Waals surface area (Å²) in [6, 6.07) is 5.33. The molecule has 7 heteroatoms. The van der Waals surface area contributed by atoms with Gasteiger partial charge in [0.15, 0.2) is 5.78 Å². The van der Waals surface area contributed by atoms with E-state index in [0.29, 0.717) is 11.3 Å². The molecule has 1 saturated carbocycles. The van der Waals surface area contributed by atoms with Gasteiger partial charge in [-0.25, -0.2) is 4.79 Å². The number of nitrogens with zero attached hydrogens (tertiary/aromatic N) is 2. The lowest BCUT2D eigenvalue weighted by atomic mass is 9.57.